The molecule has 0 radical (unpaired) electrons. The summed E-state index contributed by atoms with van der Waals surface area (Å²) in [4.78, 5) is 14.2. The molecule has 1 fully saturated rings. The van der Waals surface area contributed by atoms with E-state index in [0.29, 0.717) is 13.2 Å². The van der Waals surface area contributed by atoms with Crippen LogP contribution in [0.5, 0.6) is 0 Å². The van der Waals surface area contributed by atoms with Gasteiger partial charge in [0.2, 0.25) is 0 Å². The molecule has 4 aromatic rings. The molecule has 0 aromatic heterocycles. The molecule has 1 aliphatic rings. The van der Waals surface area contributed by atoms with Gasteiger partial charge in [0, 0.05) is 4.90 Å². The first-order valence-corrected chi connectivity index (χ1v) is 16.4. The van der Waals surface area contributed by atoms with Crippen LogP contribution in [-0.2, 0) is 48.3 Å². The molecule has 5 atom stereocenters. The van der Waals surface area contributed by atoms with Crippen LogP contribution in [-0.4, -0.2) is 42.4 Å². The van der Waals surface area contributed by atoms with Crippen molar-refractivity contribution < 1.29 is 32.9 Å². The van der Waals surface area contributed by atoms with Crippen molar-refractivity contribution >= 4 is 17.7 Å². The van der Waals surface area contributed by atoms with E-state index in [0.717, 1.165) is 21.6 Å². The van der Waals surface area contributed by atoms with E-state index < -0.39 is 35.3 Å². The molecule has 5 rings (SSSR count). The lowest BCUT2D eigenvalue weighted by Crippen LogP contribution is -2.61. The van der Waals surface area contributed by atoms with Gasteiger partial charge in [0.05, 0.1) is 31.8 Å². The third-order valence-corrected chi connectivity index (χ3v) is 8.63. The average molecular weight is 645 g/mol. The minimum atomic E-state index is -0.850. The number of rotatable bonds is 13. The Bertz CT molecular complexity index is 1480. The molecule has 8 heteroatoms. The molecular weight excluding hydrogens is 603 g/mol. The van der Waals surface area contributed by atoms with Gasteiger partial charge < -0.3 is 23.7 Å². The highest BCUT2D eigenvalue weighted by Crippen LogP contribution is 2.39. The van der Waals surface area contributed by atoms with E-state index in [1.165, 1.54) is 23.9 Å². The topological polar surface area (TPSA) is 63.2 Å². The highest BCUT2D eigenvalue weighted by Gasteiger charge is 2.50. The Morgan fingerprint density at radius 3 is 1.72 bits per heavy atom. The van der Waals surface area contributed by atoms with E-state index >= 15 is 0 Å². The van der Waals surface area contributed by atoms with Crippen LogP contribution >= 0.6 is 11.8 Å². The summed E-state index contributed by atoms with van der Waals surface area (Å²) < 4.78 is 46.3. The molecule has 0 amide bonds. The number of thioether (sulfide) groups is 1. The third-order valence-electron chi connectivity index (χ3n) is 7.48. The maximum absolute atomic E-state index is 13.8. The minimum absolute atomic E-state index is 0.208. The van der Waals surface area contributed by atoms with E-state index in [-0.39, 0.29) is 25.0 Å². The zero-order valence-electron chi connectivity index (χ0n) is 26.4. The summed E-state index contributed by atoms with van der Waals surface area (Å²) >= 11 is 1.35. The highest BCUT2D eigenvalue weighted by molar-refractivity contribution is 7.99. The van der Waals surface area contributed by atoms with Gasteiger partial charge in [-0.05, 0) is 61.7 Å². The number of carbonyl (C=O) groups is 1. The van der Waals surface area contributed by atoms with Crippen molar-refractivity contribution in [3.63, 3.8) is 0 Å². The fraction of sp³-hybridized carbons (Fsp3) is 0.342. The predicted octanol–water partition coefficient (Wildman–Crippen LogP) is 7.99. The van der Waals surface area contributed by atoms with Gasteiger partial charge in [-0.25, -0.2) is 4.39 Å². The van der Waals surface area contributed by atoms with Gasteiger partial charge in [-0.15, -0.1) is 0 Å². The molecule has 242 valence electrons. The van der Waals surface area contributed by atoms with Crippen molar-refractivity contribution in [3.05, 3.63) is 138 Å². The van der Waals surface area contributed by atoms with E-state index in [1.54, 1.807) is 12.1 Å². The zero-order valence-corrected chi connectivity index (χ0v) is 27.2. The molecule has 6 nitrogen and oxygen atoms in total. The Morgan fingerprint density at radius 2 is 1.20 bits per heavy atom. The lowest BCUT2D eigenvalue weighted by molar-refractivity contribution is -0.251. The average Bonchev–Trinajstić information content (AvgIpc) is 3.06. The van der Waals surface area contributed by atoms with Crippen LogP contribution in [0.1, 0.15) is 37.5 Å². The molecule has 0 N–H and O–H groups in total. The molecule has 1 aliphatic heterocycles. The van der Waals surface area contributed by atoms with Crippen LogP contribution in [0.25, 0.3) is 0 Å². The van der Waals surface area contributed by atoms with Crippen LogP contribution in [0.3, 0.4) is 0 Å². The Morgan fingerprint density at radius 1 is 0.696 bits per heavy atom. The van der Waals surface area contributed by atoms with Gasteiger partial charge in [-0.3, -0.25) is 4.79 Å². The lowest BCUT2D eigenvalue weighted by Gasteiger charge is -2.46. The van der Waals surface area contributed by atoms with E-state index in [1.807, 2.05) is 112 Å². The fourth-order valence-corrected chi connectivity index (χ4v) is 6.08. The second kappa shape index (κ2) is 16.3. The van der Waals surface area contributed by atoms with Crippen LogP contribution in [0.4, 0.5) is 4.39 Å². The van der Waals surface area contributed by atoms with Crippen molar-refractivity contribution in [2.75, 3.05) is 6.61 Å². The molecule has 4 aromatic carbocycles. The van der Waals surface area contributed by atoms with Crippen molar-refractivity contribution in [2.24, 2.45) is 5.41 Å². The second-order valence-electron chi connectivity index (χ2n) is 12.3. The summed E-state index contributed by atoms with van der Waals surface area (Å²) in [6, 6.07) is 35.8. The zero-order chi connectivity index (χ0) is 32.4. The van der Waals surface area contributed by atoms with Crippen molar-refractivity contribution in [1.82, 2.24) is 0 Å². The summed E-state index contributed by atoms with van der Waals surface area (Å²) in [5.74, 6) is -0.727. The Labute approximate surface area is 275 Å². The summed E-state index contributed by atoms with van der Waals surface area (Å²) in [6.45, 7) is 6.59. The minimum Gasteiger partial charge on any atom is -0.455 e. The molecule has 0 bridgehead atoms. The number of hydrogen-bond acceptors (Lipinski definition) is 7. The van der Waals surface area contributed by atoms with Crippen LogP contribution in [0.2, 0.25) is 0 Å². The monoisotopic (exact) mass is 644 g/mol. The molecule has 1 saturated heterocycles. The largest absolute Gasteiger partial charge is 0.455 e. The molecule has 1 heterocycles. The van der Waals surface area contributed by atoms with Gasteiger partial charge in [0.15, 0.2) is 6.10 Å². The number of hydrogen-bond donors (Lipinski definition) is 0. The second-order valence-corrected chi connectivity index (χ2v) is 13.4. The quantitative estimate of drug-likeness (QED) is 0.137. The molecule has 0 spiro atoms. The highest BCUT2D eigenvalue weighted by atomic mass is 32.2. The van der Waals surface area contributed by atoms with Crippen LogP contribution in [0, 0.1) is 11.2 Å². The van der Waals surface area contributed by atoms with Crippen molar-refractivity contribution in [3.8, 4) is 0 Å². The van der Waals surface area contributed by atoms with Crippen LogP contribution < -0.4 is 0 Å². The molecule has 0 unspecified atom stereocenters. The summed E-state index contributed by atoms with van der Waals surface area (Å²) in [6.07, 6.45) is -2.79. The van der Waals surface area contributed by atoms with Gasteiger partial charge in [0.25, 0.3) is 0 Å². The molecule has 0 saturated carbocycles. The first-order chi connectivity index (χ1) is 22.3. The number of halogens is 1. The maximum atomic E-state index is 13.8. The number of esters is 1. The summed E-state index contributed by atoms with van der Waals surface area (Å²) in [5.41, 5.74) is 1.52. The van der Waals surface area contributed by atoms with E-state index in [2.05, 4.69) is 0 Å². The number of ether oxygens (including phenoxy) is 5. The van der Waals surface area contributed by atoms with Gasteiger partial charge in [0.1, 0.15) is 29.6 Å². The van der Waals surface area contributed by atoms with Crippen molar-refractivity contribution in [1.29, 1.82) is 0 Å². The van der Waals surface area contributed by atoms with Gasteiger partial charge in [-0.1, -0.05) is 103 Å². The Kier molecular flexibility index (Phi) is 12.0. The maximum Gasteiger partial charge on any atom is 0.311 e. The smallest absolute Gasteiger partial charge is 0.311 e. The number of benzene rings is 4. The SMILES string of the molecule is CC(C)(C)C(=O)O[C@H]1[C@@H](OCc2ccccc2)[C@H](OCc2ccccc2)[C@@H](COCc2ccccc2)O[C@@H]1Sc1ccc(F)cc1. The van der Waals surface area contributed by atoms with Gasteiger partial charge >= 0.3 is 5.97 Å². The normalized spacial score (nSPS) is 21.5. The summed E-state index contributed by atoms with van der Waals surface area (Å²) in [7, 11) is 0. The molecule has 46 heavy (non-hydrogen) atoms. The first kappa shape index (κ1) is 33.8. The Balaban J connectivity index is 1.49. The van der Waals surface area contributed by atoms with Crippen LogP contribution in [0.15, 0.2) is 120 Å². The Hall–Kier alpha value is -3.53. The third kappa shape index (κ3) is 9.74. The number of carbonyl (C=O) groups excluding carboxylic acids is 1. The first-order valence-electron chi connectivity index (χ1n) is 15.5. The summed E-state index contributed by atoms with van der Waals surface area (Å²) in [5, 5.41) is 0. The van der Waals surface area contributed by atoms with Gasteiger partial charge in [-0.2, -0.15) is 0 Å². The predicted molar refractivity (Wildman–Crippen MR) is 176 cm³/mol. The van der Waals surface area contributed by atoms with E-state index in [4.69, 9.17) is 23.7 Å². The molecular formula is C38H41FO6S. The van der Waals surface area contributed by atoms with E-state index in [9.17, 15) is 9.18 Å². The van der Waals surface area contributed by atoms with Crippen molar-refractivity contribution in [2.45, 2.75) is 75.3 Å². The fourth-order valence-electron chi connectivity index (χ4n) is 4.97. The molecule has 0 aliphatic carbocycles. The standard InChI is InChI=1S/C38H41FO6S/c1-38(2,3)37(40)45-35-34(43-25-29-17-11-6-12-18-29)33(42-24-28-15-9-5-10-16-28)32(26-41-23-27-13-7-4-8-14-27)44-36(35)46-31-21-19-30(39)20-22-31/h4-22,32-36H,23-26H2,1-3H3/t32-,33-,34+,35+,36-/m1/s1. The lowest BCUT2D eigenvalue weighted by atomic mass is 9.95.